The van der Waals surface area contributed by atoms with Crippen LogP contribution >= 0.6 is 19.6 Å². The topological polar surface area (TPSA) is 60.4 Å². The van der Waals surface area contributed by atoms with E-state index in [0.29, 0.717) is 0 Å². The summed E-state index contributed by atoms with van der Waals surface area (Å²) in [6, 6.07) is 0. The van der Waals surface area contributed by atoms with Crippen molar-refractivity contribution < 1.29 is 14.6 Å². The summed E-state index contributed by atoms with van der Waals surface area (Å²) in [5, 5.41) is 8.21. The third-order valence-electron chi connectivity index (χ3n) is 0.381. The van der Waals surface area contributed by atoms with Gasteiger partial charge in [-0.1, -0.05) is 4.57 Å². The smallest absolute Gasteiger partial charge is 0.342 e. The first-order valence-corrected chi connectivity index (χ1v) is 3.34. The van der Waals surface area contributed by atoms with Gasteiger partial charge in [0.2, 0.25) is 0 Å². The molecule has 3 nitrogen and oxygen atoms in total. The number of hydrogen-bond donors (Lipinski definition) is 1. The highest BCUT2D eigenvalue weighted by molar-refractivity contribution is 7.37. The number of rotatable bonds is 2. The number of aliphatic hydroxyl groups is 1. The summed E-state index contributed by atoms with van der Waals surface area (Å²) in [5.41, 5.74) is 0. The molecule has 2 atom stereocenters. The van der Waals surface area contributed by atoms with Crippen LogP contribution in [-0.2, 0) is 4.57 Å². The molecule has 0 amide bonds. The largest absolute Gasteiger partial charge is 0.593 e. The minimum atomic E-state index is -2.74. The van der Waals surface area contributed by atoms with E-state index in [9.17, 15) is 9.46 Å². The van der Waals surface area contributed by atoms with Gasteiger partial charge >= 0.3 is 8.03 Å². The second-order valence-corrected chi connectivity index (χ2v) is 2.40. The zero-order chi connectivity index (χ0) is 5.86. The third-order valence-corrected chi connectivity index (χ3v) is 1.56. The number of aliphatic hydroxyl groups excluding tert-OH is 1. The summed E-state index contributed by atoms with van der Waals surface area (Å²) >= 11 is 4.91. The lowest BCUT2D eigenvalue weighted by molar-refractivity contribution is -0.171. The highest BCUT2D eigenvalue weighted by atomic mass is 35.5. The average Bonchev–Trinajstić information content (AvgIpc) is 1.65. The van der Waals surface area contributed by atoms with Crippen molar-refractivity contribution in [2.24, 2.45) is 0 Å². The fraction of sp³-hybridized carbons (Fsp3) is 1.00. The van der Waals surface area contributed by atoms with Crippen LogP contribution in [0.2, 0.25) is 0 Å². The summed E-state index contributed by atoms with van der Waals surface area (Å²) in [6.07, 6.45) is 0. The number of halogens is 1. The monoisotopic (exact) mass is 142 g/mol. The van der Waals surface area contributed by atoms with Crippen LogP contribution in [0, 0.1) is 0 Å². The molecule has 0 radical (unpaired) electrons. The molecule has 0 aliphatic carbocycles. The Morgan fingerprint density at radius 1 is 2.00 bits per heavy atom. The Labute approximate surface area is 46.8 Å². The second kappa shape index (κ2) is 3.33. The van der Waals surface area contributed by atoms with Gasteiger partial charge in [0.1, 0.15) is 0 Å². The van der Waals surface area contributed by atoms with E-state index < -0.39 is 13.9 Å². The Balaban J connectivity index is 3.34. The van der Waals surface area contributed by atoms with Crippen LogP contribution in [0.3, 0.4) is 0 Å². The van der Waals surface area contributed by atoms with Crippen molar-refractivity contribution in [3.05, 3.63) is 0 Å². The second-order valence-electron chi connectivity index (χ2n) is 0.920. The van der Waals surface area contributed by atoms with Gasteiger partial charge in [-0.3, -0.25) is 0 Å². The van der Waals surface area contributed by atoms with Gasteiger partial charge in [0.05, 0.1) is 5.88 Å². The van der Waals surface area contributed by atoms with Crippen molar-refractivity contribution in [3.63, 3.8) is 0 Å². The lowest BCUT2D eigenvalue weighted by Crippen LogP contribution is -2.07. The lowest BCUT2D eigenvalue weighted by Gasteiger charge is -1.90. The predicted molar refractivity (Wildman–Crippen MR) is 24.3 cm³/mol. The Morgan fingerprint density at radius 2 is 2.43 bits per heavy atom. The van der Waals surface area contributed by atoms with Gasteiger partial charge in [0.25, 0.3) is 5.85 Å². The van der Waals surface area contributed by atoms with Gasteiger partial charge in [-0.05, 0) is 0 Å². The fourth-order valence-electron chi connectivity index (χ4n) is 0.0563. The molecule has 0 bridgehead atoms. The molecule has 0 aliphatic rings. The van der Waals surface area contributed by atoms with Crippen molar-refractivity contribution in [2.75, 3.05) is 5.88 Å². The Bertz CT molecular complexity index is 75.3. The van der Waals surface area contributed by atoms with E-state index in [0.717, 1.165) is 0 Å². The van der Waals surface area contributed by atoms with Crippen molar-refractivity contribution >= 4 is 19.6 Å². The Kier molecular flexibility index (Phi) is 3.48. The number of hydrogen-bond acceptors (Lipinski definition) is 3. The summed E-state index contributed by atoms with van der Waals surface area (Å²) in [6.45, 7) is 0. The molecule has 1 N–H and O–H groups in total. The molecule has 0 aromatic carbocycles. The molecule has 1 unspecified atom stereocenters. The van der Waals surface area contributed by atoms with Gasteiger partial charge in [0, 0.05) is 0 Å². The van der Waals surface area contributed by atoms with E-state index in [-0.39, 0.29) is 5.88 Å². The first-order chi connectivity index (χ1) is 3.18. The molecule has 0 saturated heterocycles. The first kappa shape index (κ1) is 7.31. The van der Waals surface area contributed by atoms with Gasteiger partial charge in [-0.15, -0.1) is 11.6 Å². The third kappa shape index (κ3) is 2.94. The molecular weight excluding hydrogens is 138 g/mol. The van der Waals surface area contributed by atoms with Crippen LogP contribution in [0.25, 0.3) is 0 Å². The molecule has 0 aromatic rings. The minimum Gasteiger partial charge on any atom is -0.593 e. The Morgan fingerprint density at radius 3 is 2.43 bits per heavy atom. The van der Waals surface area contributed by atoms with Gasteiger partial charge in [-0.2, -0.15) is 0 Å². The Hall–Kier alpha value is 0.310. The van der Waals surface area contributed by atoms with Crippen LogP contribution in [0.1, 0.15) is 0 Å². The molecular formula is C2H4ClO3P. The van der Waals surface area contributed by atoms with Crippen molar-refractivity contribution in [2.45, 2.75) is 5.85 Å². The van der Waals surface area contributed by atoms with Crippen LogP contribution in [0.15, 0.2) is 0 Å². The molecule has 0 spiro atoms. The SMILES string of the molecule is O=[P+]([O-])[C@H](O)CCl. The standard InChI is InChI=1S/C2H4ClO3P/c3-1-2(4)7(5)6/h2,4H,1H2/t2-/m0/s1. The summed E-state index contributed by atoms with van der Waals surface area (Å²) in [4.78, 5) is 9.63. The fourth-order valence-corrected chi connectivity index (χ4v) is 0.507. The molecule has 5 heteroatoms. The van der Waals surface area contributed by atoms with Crippen LogP contribution in [0.5, 0.6) is 0 Å². The maximum Gasteiger partial charge on any atom is 0.342 e. The molecule has 0 aromatic heterocycles. The number of alkyl halides is 1. The summed E-state index contributed by atoms with van der Waals surface area (Å²) in [7, 11) is -2.74. The molecule has 7 heavy (non-hydrogen) atoms. The van der Waals surface area contributed by atoms with Gasteiger partial charge in [-0.25, -0.2) is 0 Å². The van der Waals surface area contributed by atoms with E-state index in [1.807, 2.05) is 0 Å². The zero-order valence-electron chi connectivity index (χ0n) is 3.37. The highest BCUT2D eigenvalue weighted by Gasteiger charge is 2.13. The van der Waals surface area contributed by atoms with Gasteiger partial charge in [0.15, 0.2) is 0 Å². The molecule has 0 fully saturated rings. The van der Waals surface area contributed by atoms with E-state index in [2.05, 4.69) is 0 Å². The van der Waals surface area contributed by atoms with Crippen LogP contribution in [0.4, 0.5) is 0 Å². The molecule has 42 valence electrons. The van der Waals surface area contributed by atoms with Crippen molar-refractivity contribution in [1.82, 2.24) is 0 Å². The molecule has 0 saturated carbocycles. The minimum absolute atomic E-state index is 0.251. The lowest BCUT2D eigenvalue weighted by atomic mass is 10.9. The molecule has 0 aliphatic heterocycles. The quantitative estimate of drug-likeness (QED) is 0.423. The highest BCUT2D eigenvalue weighted by Crippen LogP contribution is 2.14. The van der Waals surface area contributed by atoms with E-state index in [1.54, 1.807) is 0 Å². The van der Waals surface area contributed by atoms with E-state index >= 15 is 0 Å². The van der Waals surface area contributed by atoms with Gasteiger partial charge < -0.3 is 10.00 Å². The molecule has 0 heterocycles. The predicted octanol–water partition coefficient (Wildman–Crippen LogP) is -0.354. The van der Waals surface area contributed by atoms with E-state index in [1.165, 1.54) is 0 Å². The van der Waals surface area contributed by atoms with E-state index in [4.69, 9.17) is 16.7 Å². The normalized spacial score (nSPS) is 16.1. The van der Waals surface area contributed by atoms with Crippen molar-refractivity contribution in [1.29, 1.82) is 0 Å². The first-order valence-electron chi connectivity index (χ1n) is 1.56. The maximum atomic E-state index is 9.63. The summed E-state index contributed by atoms with van der Waals surface area (Å²) < 4.78 is 9.63. The van der Waals surface area contributed by atoms with Crippen LogP contribution < -0.4 is 4.89 Å². The maximum absolute atomic E-state index is 9.63. The summed E-state index contributed by atoms with van der Waals surface area (Å²) in [5.74, 6) is -1.63. The van der Waals surface area contributed by atoms with Crippen molar-refractivity contribution in [3.8, 4) is 0 Å². The van der Waals surface area contributed by atoms with Crippen LogP contribution in [-0.4, -0.2) is 16.8 Å². The average molecular weight is 142 g/mol. The zero-order valence-corrected chi connectivity index (χ0v) is 5.02. The molecule has 0 rings (SSSR count).